The molecule has 2 N–H and O–H groups in total. The van der Waals surface area contributed by atoms with Crippen molar-refractivity contribution in [3.8, 4) is 11.5 Å². The van der Waals surface area contributed by atoms with E-state index < -0.39 is 0 Å². The first-order valence-electron chi connectivity index (χ1n) is 10.6. The number of aryl methyl sites for hydroxylation is 1. The molecule has 172 valence electrons. The van der Waals surface area contributed by atoms with E-state index in [2.05, 4.69) is 30.5 Å². The van der Waals surface area contributed by atoms with E-state index in [1.807, 2.05) is 31.2 Å². The Morgan fingerprint density at radius 1 is 0.939 bits per heavy atom. The third-order valence-electron chi connectivity index (χ3n) is 5.24. The minimum atomic E-state index is -0.165. The van der Waals surface area contributed by atoms with Crippen molar-refractivity contribution >= 4 is 29.2 Å². The number of anilines is 4. The number of carbonyl (C=O) groups is 1. The fraction of sp³-hybridized carbons (Fsp3) is 0.304. The lowest BCUT2D eigenvalue weighted by molar-refractivity contribution is 0.208. The number of benzene rings is 1. The van der Waals surface area contributed by atoms with Crippen LogP contribution in [0.3, 0.4) is 0 Å². The van der Waals surface area contributed by atoms with E-state index in [0.717, 1.165) is 11.6 Å². The van der Waals surface area contributed by atoms with Gasteiger partial charge in [0.15, 0.2) is 0 Å². The van der Waals surface area contributed by atoms with Crippen molar-refractivity contribution in [3.05, 3.63) is 54.5 Å². The first-order chi connectivity index (χ1) is 16.0. The molecule has 1 aliphatic heterocycles. The summed E-state index contributed by atoms with van der Waals surface area (Å²) in [5.41, 5.74) is 0.621. The van der Waals surface area contributed by atoms with Gasteiger partial charge in [-0.3, -0.25) is 0 Å². The van der Waals surface area contributed by atoms with Crippen LogP contribution in [-0.2, 0) is 0 Å². The molecule has 10 heteroatoms. The highest BCUT2D eigenvalue weighted by Crippen LogP contribution is 2.26. The van der Waals surface area contributed by atoms with Gasteiger partial charge in [0, 0.05) is 62.3 Å². The van der Waals surface area contributed by atoms with Crippen molar-refractivity contribution in [1.82, 2.24) is 19.9 Å². The molecule has 0 bridgehead atoms. The molecule has 2 amide bonds. The third-order valence-corrected chi connectivity index (χ3v) is 5.24. The van der Waals surface area contributed by atoms with Crippen LogP contribution >= 0.6 is 0 Å². The van der Waals surface area contributed by atoms with Crippen LogP contribution < -0.4 is 25.0 Å². The van der Waals surface area contributed by atoms with Gasteiger partial charge in [0.05, 0.1) is 14.2 Å². The van der Waals surface area contributed by atoms with Gasteiger partial charge in [-0.25, -0.2) is 19.7 Å². The molecule has 1 aliphatic rings. The molecule has 0 saturated carbocycles. The van der Waals surface area contributed by atoms with E-state index in [1.165, 1.54) is 0 Å². The van der Waals surface area contributed by atoms with Crippen molar-refractivity contribution in [2.75, 3.05) is 55.9 Å². The number of aromatic nitrogens is 3. The van der Waals surface area contributed by atoms with Crippen LogP contribution in [0.4, 0.5) is 27.9 Å². The SMILES string of the molecule is COc1cc(NC(=O)N2CCN(c3cc(Nc4ccccn4)nc(C)n3)CC2)cc(OC)c1. The number of amides is 2. The number of methoxy groups -OCH3 is 2. The van der Waals surface area contributed by atoms with Crippen LogP contribution in [0, 0.1) is 6.92 Å². The summed E-state index contributed by atoms with van der Waals surface area (Å²) >= 11 is 0. The summed E-state index contributed by atoms with van der Waals surface area (Å²) in [7, 11) is 3.15. The molecule has 4 rings (SSSR count). The molecule has 1 saturated heterocycles. The molecule has 0 aliphatic carbocycles. The van der Waals surface area contributed by atoms with Gasteiger partial charge in [-0.05, 0) is 19.1 Å². The molecule has 33 heavy (non-hydrogen) atoms. The van der Waals surface area contributed by atoms with Gasteiger partial charge in [0.2, 0.25) is 0 Å². The standard InChI is InChI=1S/C23H27N7O3/c1-16-25-21(28-20-6-4-5-7-24-20)15-22(26-16)29-8-10-30(11-9-29)23(31)27-17-12-18(32-2)14-19(13-17)33-3/h4-7,12-15H,8-11H2,1-3H3,(H,27,31)(H,24,25,26,28). The fourth-order valence-electron chi connectivity index (χ4n) is 3.57. The molecule has 1 aromatic carbocycles. The van der Waals surface area contributed by atoms with Crippen molar-refractivity contribution in [2.24, 2.45) is 0 Å². The third kappa shape index (κ3) is 5.59. The number of urea groups is 1. The molecular formula is C23H27N7O3. The molecule has 10 nitrogen and oxygen atoms in total. The normalized spacial score (nSPS) is 13.4. The van der Waals surface area contributed by atoms with Gasteiger partial charge >= 0.3 is 6.03 Å². The Labute approximate surface area is 192 Å². The second kappa shape index (κ2) is 10.0. The smallest absolute Gasteiger partial charge is 0.321 e. The van der Waals surface area contributed by atoms with Crippen LogP contribution in [0.1, 0.15) is 5.82 Å². The molecule has 0 spiro atoms. The maximum absolute atomic E-state index is 12.8. The van der Waals surface area contributed by atoms with Crippen LogP contribution in [0.15, 0.2) is 48.7 Å². The van der Waals surface area contributed by atoms with Gasteiger partial charge in [0.25, 0.3) is 0 Å². The Morgan fingerprint density at radius 3 is 2.30 bits per heavy atom. The van der Waals surface area contributed by atoms with Crippen molar-refractivity contribution < 1.29 is 14.3 Å². The number of pyridine rings is 1. The molecule has 0 unspecified atom stereocenters. The van der Waals surface area contributed by atoms with Crippen molar-refractivity contribution in [1.29, 1.82) is 0 Å². The van der Waals surface area contributed by atoms with Crippen LogP contribution in [0.5, 0.6) is 11.5 Å². The van der Waals surface area contributed by atoms with Crippen LogP contribution in [0.25, 0.3) is 0 Å². The predicted molar refractivity (Wildman–Crippen MR) is 127 cm³/mol. The molecule has 0 atom stereocenters. The lowest BCUT2D eigenvalue weighted by Gasteiger charge is -2.35. The van der Waals surface area contributed by atoms with Crippen LogP contribution in [0.2, 0.25) is 0 Å². The zero-order valence-electron chi connectivity index (χ0n) is 18.9. The van der Waals surface area contributed by atoms with Crippen molar-refractivity contribution in [2.45, 2.75) is 6.92 Å². The minimum absolute atomic E-state index is 0.165. The van der Waals surface area contributed by atoms with E-state index in [1.54, 1.807) is 43.5 Å². The number of carbonyl (C=O) groups excluding carboxylic acids is 1. The molecule has 3 aromatic rings. The number of hydrogen-bond donors (Lipinski definition) is 2. The van der Waals surface area contributed by atoms with Gasteiger partial charge in [-0.2, -0.15) is 0 Å². The summed E-state index contributed by atoms with van der Waals surface area (Å²) in [6, 6.07) is 12.7. The molecular weight excluding hydrogens is 422 g/mol. The Morgan fingerprint density at radius 2 is 1.67 bits per heavy atom. The molecule has 1 fully saturated rings. The van der Waals surface area contributed by atoms with Crippen molar-refractivity contribution in [3.63, 3.8) is 0 Å². The van der Waals surface area contributed by atoms with E-state index in [0.29, 0.717) is 55.0 Å². The summed E-state index contributed by atoms with van der Waals surface area (Å²) in [5.74, 6) is 4.12. The summed E-state index contributed by atoms with van der Waals surface area (Å²) in [6.07, 6.45) is 1.73. The highest BCUT2D eigenvalue weighted by molar-refractivity contribution is 5.90. The highest BCUT2D eigenvalue weighted by atomic mass is 16.5. The summed E-state index contributed by atoms with van der Waals surface area (Å²) in [6.45, 7) is 4.32. The Balaban J connectivity index is 1.38. The van der Waals surface area contributed by atoms with E-state index >= 15 is 0 Å². The quantitative estimate of drug-likeness (QED) is 0.591. The number of nitrogens with zero attached hydrogens (tertiary/aromatic N) is 5. The first kappa shape index (κ1) is 22.1. The minimum Gasteiger partial charge on any atom is -0.497 e. The maximum atomic E-state index is 12.8. The second-order valence-corrected chi connectivity index (χ2v) is 7.50. The largest absolute Gasteiger partial charge is 0.497 e. The molecule has 3 heterocycles. The van der Waals surface area contributed by atoms with Crippen LogP contribution in [-0.4, -0.2) is 66.3 Å². The average Bonchev–Trinajstić information content (AvgIpc) is 2.84. The van der Waals surface area contributed by atoms with E-state index in [4.69, 9.17) is 9.47 Å². The van der Waals surface area contributed by atoms with E-state index in [-0.39, 0.29) is 6.03 Å². The lowest BCUT2D eigenvalue weighted by atomic mass is 10.2. The number of rotatable bonds is 6. The fourth-order valence-corrected chi connectivity index (χ4v) is 3.57. The number of piperazine rings is 1. The average molecular weight is 450 g/mol. The summed E-state index contributed by atoms with van der Waals surface area (Å²) in [5, 5.41) is 6.14. The van der Waals surface area contributed by atoms with Gasteiger partial charge in [-0.1, -0.05) is 6.07 Å². The summed E-state index contributed by atoms with van der Waals surface area (Å²) in [4.78, 5) is 30.0. The van der Waals surface area contributed by atoms with Gasteiger partial charge in [0.1, 0.15) is 34.8 Å². The summed E-state index contributed by atoms with van der Waals surface area (Å²) < 4.78 is 10.5. The second-order valence-electron chi connectivity index (χ2n) is 7.50. The monoisotopic (exact) mass is 449 g/mol. The zero-order chi connectivity index (χ0) is 23.2. The Hall–Kier alpha value is -4.08. The maximum Gasteiger partial charge on any atom is 0.321 e. The first-order valence-corrected chi connectivity index (χ1v) is 10.6. The zero-order valence-corrected chi connectivity index (χ0v) is 18.9. The Bertz CT molecular complexity index is 1080. The predicted octanol–water partition coefficient (Wildman–Crippen LogP) is 3.29. The Kier molecular flexibility index (Phi) is 6.72. The van der Waals surface area contributed by atoms with Gasteiger partial charge in [-0.15, -0.1) is 0 Å². The van der Waals surface area contributed by atoms with Gasteiger partial charge < -0.3 is 29.9 Å². The lowest BCUT2D eigenvalue weighted by Crippen LogP contribution is -2.50. The topological polar surface area (TPSA) is 105 Å². The highest BCUT2D eigenvalue weighted by Gasteiger charge is 2.23. The number of ether oxygens (including phenoxy) is 2. The van der Waals surface area contributed by atoms with E-state index in [9.17, 15) is 4.79 Å². The molecule has 0 radical (unpaired) electrons. The number of hydrogen-bond acceptors (Lipinski definition) is 8. The molecule has 2 aromatic heterocycles. The number of nitrogens with one attached hydrogen (secondary N) is 2.